The maximum atomic E-state index is 12.6. The van der Waals surface area contributed by atoms with E-state index in [9.17, 15) is 4.79 Å². The van der Waals surface area contributed by atoms with Gasteiger partial charge in [-0.25, -0.2) is 0 Å². The molecular weight excluding hydrogens is 322 g/mol. The second kappa shape index (κ2) is 8.72. The number of piperidine rings is 1. The van der Waals surface area contributed by atoms with Crippen molar-refractivity contribution in [1.82, 2.24) is 10.6 Å². The minimum absolute atomic E-state index is 0.0649. The second-order valence-electron chi connectivity index (χ2n) is 6.92. The molecule has 2 saturated heterocycles. The summed E-state index contributed by atoms with van der Waals surface area (Å²) in [5.74, 6) is -0.0649. The van der Waals surface area contributed by atoms with Gasteiger partial charge in [-0.1, -0.05) is 24.4 Å². The number of carbonyl (C=O) groups is 1. The Morgan fingerprint density at radius 1 is 1.17 bits per heavy atom. The number of benzene rings is 1. The van der Waals surface area contributed by atoms with E-state index < -0.39 is 0 Å². The molecule has 2 fully saturated rings. The van der Waals surface area contributed by atoms with Gasteiger partial charge in [0, 0.05) is 31.4 Å². The summed E-state index contributed by atoms with van der Waals surface area (Å²) in [6.07, 6.45) is 8.61. The molecule has 24 heavy (non-hydrogen) atoms. The van der Waals surface area contributed by atoms with Crippen LogP contribution in [-0.4, -0.2) is 38.1 Å². The first-order chi connectivity index (χ1) is 11.7. The van der Waals surface area contributed by atoms with Gasteiger partial charge in [0.2, 0.25) is 0 Å². The average molecular weight is 350 g/mol. The summed E-state index contributed by atoms with van der Waals surface area (Å²) >= 11 is 6.28. The fourth-order valence-corrected chi connectivity index (χ4v) is 3.83. The number of nitrogens with zero attached hydrogens (tertiary/aromatic N) is 1. The Bertz CT molecular complexity index is 550. The van der Waals surface area contributed by atoms with Crippen LogP contribution in [-0.2, 0) is 0 Å². The minimum Gasteiger partial charge on any atom is -0.372 e. The van der Waals surface area contributed by atoms with Gasteiger partial charge in [-0.05, 0) is 56.8 Å². The Labute approximate surface area is 149 Å². The van der Waals surface area contributed by atoms with Crippen molar-refractivity contribution in [3.63, 3.8) is 0 Å². The number of nitrogens with one attached hydrogen (secondary N) is 2. The van der Waals surface area contributed by atoms with Gasteiger partial charge in [0.05, 0.1) is 10.6 Å². The average Bonchev–Trinajstić information content (AvgIpc) is 2.89. The monoisotopic (exact) mass is 349 g/mol. The van der Waals surface area contributed by atoms with Gasteiger partial charge in [-0.15, -0.1) is 0 Å². The molecule has 1 aromatic carbocycles. The van der Waals surface area contributed by atoms with Crippen LogP contribution >= 0.6 is 11.6 Å². The van der Waals surface area contributed by atoms with E-state index in [4.69, 9.17) is 11.6 Å². The summed E-state index contributed by atoms with van der Waals surface area (Å²) in [7, 11) is 0. The molecule has 0 bridgehead atoms. The fraction of sp³-hybridized carbons (Fsp3) is 0.632. The summed E-state index contributed by atoms with van der Waals surface area (Å²) < 4.78 is 0. The minimum atomic E-state index is -0.0649. The molecular formula is C19H28ClN3O. The van der Waals surface area contributed by atoms with Gasteiger partial charge >= 0.3 is 0 Å². The molecule has 0 aliphatic carbocycles. The molecule has 0 unspecified atom stereocenters. The van der Waals surface area contributed by atoms with E-state index in [0.717, 1.165) is 31.7 Å². The summed E-state index contributed by atoms with van der Waals surface area (Å²) in [6, 6.07) is 6.20. The Kier molecular flexibility index (Phi) is 6.38. The van der Waals surface area contributed by atoms with Crippen molar-refractivity contribution in [2.24, 2.45) is 0 Å². The molecule has 2 aliphatic rings. The lowest BCUT2D eigenvalue weighted by Gasteiger charge is -2.29. The van der Waals surface area contributed by atoms with E-state index in [-0.39, 0.29) is 5.91 Å². The summed E-state index contributed by atoms with van der Waals surface area (Å²) in [6.45, 7) is 3.85. The Hall–Kier alpha value is -1.26. The quantitative estimate of drug-likeness (QED) is 0.873. The van der Waals surface area contributed by atoms with E-state index >= 15 is 0 Å². The number of hydrogen-bond acceptors (Lipinski definition) is 3. The summed E-state index contributed by atoms with van der Waals surface area (Å²) in [4.78, 5) is 14.9. The van der Waals surface area contributed by atoms with Crippen LogP contribution in [0.15, 0.2) is 18.2 Å². The van der Waals surface area contributed by atoms with Crippen molar-refractivity contribution in [1.29, 1.82) is 0 Å². The highest BCUT2D eigenvalue weighted by molar-refractivity contribution is 6.34. The van der Waals surface area contributed by atoms with Gasteiger partial charge in [0.25, 0.3) is 5.91 Å². The molecule has 2 aliphatic heterocycles. The zero-order valence-electron chi connectivity index (χ0n) is 14.3. The van der Waals surface area contributed by atoms with Crippen LogP contribution < -0.4 is 15.5 Å². The van der Waals surface area contributed by atoms with Gasteiger partial charge in [0.1, 0.15) is 0 Å². The summed E-state index contributed by atoms with van der Waals surface area (Å²) in [5.41, 5.74) is 1.70. The van der Waals surface area contributed by atoms with Crippen LogP contribution in [0.1, 0.15) is 55.3 Å². The fourth-order valence-electron chi connectivity index (χ4n) is 3.62. The van der Waals surface area contributed by atoms with Crippen LogP contribution in [0.4, 0.5) is 5.69 Å². The third-order valence-corrected chi connectivity index (χ3v) is 5.42. The Balaban J connectivity index is 1.62. The van der Waals surface area contributed by atoms with Crippen molar-refractivity contribution < 1.29 is 4.79 Å². The van der Waals surface area contributed by atoms with Crippen molar-refractivity contribution in [3.05, 3.63) is 28.8 Å². The first-order valence-corrected chi connectivity index (χ1v) is 9.68. The number of anilines is 1. The molecule has 2 N–H and O–H groups in total. The van der Waals surface area contributed by atoms with Crippen molar-refractivity contribution in [2.45, 2.75) is 51.0 Å². The lowest BCUT2D eigenvalue weighted by Crippen LogP contribution is -2.40. The molecule has 4 nitrogen and oxygen atoms in total. The van der Waals surface area contributed by atoms with E-state index in [1.807, 2.05) is 18.2 Å². The van der Waals surface area contributed by atoms with E-state index in [1.54, 1.807) is 0 Å². The Morgan fingerprint density at radius 3 is 2.79 bits per heavy atom. The highest BCUT2D eigenvalue weighted by Crippen LogP contribution is 2.25. The zero-order valence-corrected chi connectivity index (χ0v) is 15.1. The van der Waals surface area contributed by atoms with Crippen molar-refractivity contribution in [2.75, 3.05) is 31.1 Å². The van der Waals surface area contributed by atoms with E-state index in [1.165, 1.54) is 38.5 Å². The highest BCUT2D eigenvalue weighted by atomic mass is 35.5. The third-order valence-electron chi connectivity index (χ3n) is 5.09. The normalized spacial score (nSPS) is 22.0. The lowest BCUT2D eigenvalue weighted by molar-refractivity contribution is 0.0949. The molecule has 0 spiro atoms. The van der Waals surface area contributed by atoms with Crippen molar-refractivity contribution >= 4 is 23.2 Å². The molecule has 0 radical (unpaired) electrons. The number of halogens is 1. The molecule has 2 heterocycles. The first kappa shape index (κ1) is 17.6. The number of carbonyl (C=O) groups excluding carboxylic acids is 1. The van der Waals surface area contributed by atoms with E-state index in [0.29, 0.717) is 23.2 Å². The van der Waals surface area contributed by atoms with Crippen LogP contribution in [0.3, 0.4) is 0 Å². The SMILES string of the molecule is O=C(NC[C@@H]1CCCCCN1)c1cc(N2CCCCC2)ccc1Cl. The highest BCUT2D eigenvalue weighted by Gasteiger charge is 2.17. The van der Waals surface area contributed by atoms with Crippen molar-refractivity contribution in [3.8, 4) is 0 Å². The molecule has 1 atom stereocenters. The molecule has 0 aromatic heterocycles. The maximum absolute atomic E-state index is 12.6. The molecule has 1 aromatic rings. The zero-order chi connectivity index (χ0) is 16.8. The predicted molar refractivity (Wildman–Crippen MR) is 100 cm³/mol. The van der Waals surface area contributed by atoms with Gasteiger partial charge in [0.15, 0.2) is 0 Å². The number of amides is 1. The first-order valence-electron chi connectivity index (χ1n) is 9.30. The van der Waals surface area contributed by atoms with Crippen LogP contribution in [0.2, 0.25) is 5.02 Å². The van der Waals surface area contributed by atoms with Gasteiger partial charge < -0.3 is 15.5 Å². The molecule has 3 rings (SSSR count). The summed E-state index contributed by atoms with van der Waals surface area (Å²) in [5, 5.41) is 7.10. The topological polar surface area (TPSA) is 44.4 Å². The largest absolute Gasteiger partial charge is 0.372 e. The third kappa shape index (κ3) is 4.64. The number of hydrogen-bond donors (Lipinski definition) is 2. The van der Waals surface area contributed by atoms with Crippen LogP contribution in [0.25, 0.3) is 0 Å². The Morgan fingerprint density at radius 2 is 1.96 bits per heavy atom. The predicted octanol–water partition coefficient (Wildman–Crippen LogP) is 3.59. The lowest BCUT2D eigenvalue weighted by atomic mass is 10.1. The molecule has 132 valence electrons. The molecule has 5 heteroatoms. The van der Waals surface area contributed by atoms with Crippen LogP contribution in [0.5, 0.6) is 0 Å². The van der Waals surface area contributed by atoms with Gasteiger partial charge in [-0.2, -0.15) is 0 Å². The van der Waals surface area contributed by atoms with E-state index in [2.05, 4.69) is 15.5 Å². The second-order valence-corrected chi connectivity index (χ2v) is 7.33. The maximum Gasteiger partial charge on any atom is 0.252 e. The number of rotatable bonds is 4. The smallest absolute Gasteiger partial charge is 0.252 e. The van der Waals surface area contributed by atoms with Crippen LogP contribution in [0, 0.1) is 0 Å². The standard InChI is InChI=1S/C19H28ClN3O/c20-18-9-8-16(23-11-5-2-6-12-23)13-17(18)19(24)22-14-15-7-3-1-4-10-21-15/h8-9,13,15,21H,1-7,10-12,14H2,(H,22,24)/t15-/m0/s1. The molecule has 1 amide bonds. The van der Waals surface area contributed by atoms with Gasteiger partial charge in [-0.3, -0.25) is 4.79 Å². The molecule has 0 saturated carbocycles.